The summed E-state index contributed by atoms with van der Waals surface area (Å²) in [4.78, 5) is 4.34. The van der Waals surface area contributed by atoms with Gasteiger partial charge in [0.1, 0.15) is 4.75 Å². The predicted molar refractivity (Wildman–Crippen MR) is 69.7 cm³/mol. The Hall–Kier alpha value is -0.660. The summed E-state index contributed by atoms with van der Waals surface area (Å²) in [5.41, 5.74) is 1.02. The molecule has 3 N–H and O–H groups in total. The third kappa shape index (κ3) is 2.46. The van der Waals surface area contributed by atoms with Gasteiger partial charge in [0.15, 0.2) is 5.13 Å². The molecule has 2 rings (SSSR count). The van der Waals surface area contributed by atoms with Crippen LogP contribution < -0.4 is 10.5 Å². The van der Waals surface area contributed by atoms with E-state index in [4.69, 9.17) is 5.14 Å². The van der Waals surface area contributed by atoms with E-state index < -0.39 is 14.8 Å². The maximum absolute atomic E-state index is 11.5. The summed E-state index contributed by atoms with van der Waals surface area (Å²) in [7, 11) is -3.48. The quantitative estimate of drug-likeness (QED) is 0.849. The van der Waals surface area contributed by atoms with Crippen LogP contribution in [0.25, 0.3) is 0 Å². The van der Waals surface area contributed by atoms with Crippen molar-refractivity contribution in [3.63, 3.8) is 0 Å². The summed E-state index contributed by atoms with van der Waals surface area (Å²) < 4.78 is 22.3. The lowest BCUT2D eigenvalue weighted by Gasteiger charge is -2.39. The maximum atomic E-state index is 11.5. The van der Waals surface area contributed by atoms with E-state index in [1.165, 1.54) is 11.3 Å². The van der Waals surface area contributed by atoms with Crippen LogP contribution in [0.3, 0.4) is 0 Å². The monoisotopic (exact) mass is 275 g/mol. The van der Waals surface area contributed by atoms with Crippen LogP contribution in [0.5, 0.6) is 0 Å². The number of sulfonamides is 1. The largest absolute Gasteiger partial charge is 0.360 e. The van der Waals surface area contributed by atoms with Gasteiger partial charge in [0.2, 0.25) is 10.0 Å². The number of nitrogens with zero attached hydrogens (tertiary/aromatic N) is 1. The zero-order chi connectivity index (χ0) is 12.5. The first-order valence-corrected chi connectivity index (χ1v) is 8.10. The highest BCUT2D eigenvalue weighted by molar-refractivity contribution is 7.90. The minimum absolute atomic E-state index is 0.364. The molecule has 0 atom stereocenters. The Labute approximate surface area is 105 Å². The number of thiazole rings is 1. The van der Waals surface area contributed by atoms with Crippen molar-refractivity contribution in [1.82, 2.24) is 4.98 Å². The summed E-state index contributed by atoms with van der Waals surface area (Å²) in [5.74, 6) is 0. The molecular formula is C10H17N3O2S2. The zero-order valence-electron chi connectivity index (χ0n) is 9.77. The molecule has 0 radical (unpaired) electrons. The van der Waals surface area contributed by atoms with Crippen LogP contribution in [0.4, 0.5) is 5.13 Å². The Morgan fingerprint density at radius 3 is 2.71 bits per heavy atom. The van der Waals surface area contributed by atoms with Gasteiger partial charge in [-0.1, -0.05) is 13.3 Å². The lowest BCUT2D eigenvalue weighted by molar-refractivity contribution is 0.351. The van der Waals surface area contributed by atoms with Gasteiger partial charge >= 0.3 is 0 Å². The fraction of sp³-hybridized carbons (Fsp3) is 0.700. The normalized spacial score (nSPS) is 18.7. The Morgan fingerprint density at radius 2 is 2.29 bits per heavy atom. The van der Waals surface area contributed by atoms with Crippen molar-refractivity contribution in [2.45, 2.75) is 37.4 Å². The molecule has 1 saturated carbocycles. The van der Waals surface area contributed by atoms with Crippen molar-refractivity contribution in [2.75, 3.05) is 11.9 Å². The van der Waals surface area contributed by atoms with Crippen molar-refractivity contribution >= 4 is 26.5 Å². The van der Waals surface area contributed by atoms with Crippen LogP contribution in [0.15, 0.2) is 5.38 Å². The molecule has 96 valence electrons. The maximum Gasteiger partial charge on any atom is 0.216 e. The number of aryl methyl sites for hydroxylation is 1. The molecule has 1 heterocycles. The van der Waals surface area contributed by atoms with E-state index in [1.54, 1.807) is 0 Å². The molecule has 1 aliphatic rings. The first-order chi connectivity index (χ1) is 7.97. The lowest BCUT2D eigenvalue weighted by atomic mass is 9.84. The van der Waals surface area contributed by atoms with Gasteiger partial charge in [-0.05, 0) is 19.3 Å². The third-order valence-corrected chi connectivity index (χ3v) is 5.95. The molecule has 0 aliphatic heterocycles. The van der Waals surface area contributed by atoms with Crippen LogP contribution in [0.2, 0.25) is 0 Å². The first kappa shape index (κ1) is 12.8. The van der Waals surface area contributed by atoms with Gasteiger partial charge in [-0.3, -0.25) is 0 Å². The Morgan fingerprint density at radius 1 is 1.59 bits per heavy atom. The van der Waals surface area contributed by atoms with Crippen LogP contribution >= 0.6 is 11.3 Å². The highest BCUT2D eigenvalue weighted by atomic mass is 32.2. The number of hydrogen-bond donors (Lipinski definition) is 2. The lowest BCUT2D eigenvalue weighted by Crippen LogP contribution is -2.53. The van der Waals surface area contributed by atoms with E-state index in [1.807, 2.05) is 12.3 Å². The minimum atomic E-state index is -3.48. The van der Waals surface area contributed by atoms with Gasteiger partial charge in [0.05, 0.1) is 5.69 Å². The molecule has 0 aromatic carbocycles. The van der Waals surface area contributed by atoms with Crippen molar-refractivity contribution in [3.05, 3.63) is 11.1 Å². The van der Waals surface area contributed by atoms with E-state index in [0.29, 0.717) is 19.4 Å². The molecule has 0 unspecified atom stereocenters. The van der Waals surface area contributed by atoms with Gasteiger partial charge in [0.25, 0.3) is 0 Å². The number of aromatic nitrogens is 1. The summed E-state index contributed by atoms with van der Waals surface area (Å²) >= 11 is 1.50. The predicted octanol–water partition coefficient (Wildman–Crippen LogP) is 1.33. The number of nitrogens with one attached hydrogen (secondary N) is 1. The number of anilines is 1. The number of hydrogen-bond acceptors (Lipinski definition) is 5. The fourth-order valence-corrected chi connectivity index (χ4v) is 3.84. The van der Waals surface area contributed by atoms with Crippen LogP contribution in [0.1, 0.15) is 31.9 Å². The van der Waals surface area contributed by atoms with Crippen LogP contribution in [-0.2, 0) is 16.4 Å². The molecule has 1 aromatic rings. The number of primary sulfonamides is 1. The van der Waals surface area contributed by atoms with Crippen molar-refractivity contribution < 1.29 is 8.42 Å². The smallest absolute Gasteiger partial charge is 0.216 e. The highest BCUT2D eigenvalue weighted by Gasteiger charge is 2.47. The Kier molecular flexibility index (Phi) is 3.42. The molecule has 1 aromatic heterocycles. The number of nitrogens with two attached hydrogens (primary N) is 1. The number of rotatable bonds is 5. The molecule has 0 spiro atoms. The van der Waals surface area contributed by atoms with Gasteiger partial charge in [-0.25, -0.2) is 18.5 Å². The summed E-state index contributed by atoms with van der Waals surface area (Å²) in [5, 5.41) is 11.1. The SMILES string of the molecule is CCc1csc(NCC2(S(N)(=O)=O)CCC2)n1. The molecule has 1 fully saturated rings. The molecule has 0 saturated heterocycles. The van der Waals surface area contributed by atoms with E-state index >= 15 is 0 Å². The summed E-state index contributed by atoms with van der Waals surface area (Å²) in [6.45, 7) is 2.40. The van der Waals surface area contributed by atoms with Crippen molar-refractivity contribution in [1.29, 1.82) is 0 Å². The molecular weight excluding hydrogens is 258 g/mol. The molecule has 7 heteroatoms. The second-order valence-electron chi connectivity index (χ2n) is 4.43. The Bertz CT molecular complexity index is 491. The van der Waals surface area contributed by atoms with Crippen LogP contribution in [0, 0.1) is 0 Å². The zero-order valence-corrected chi connectivity index (χ0v) is 11.4. The van der Waals surface area contributed by atoms with Crippen molar-refractivity contribution in [2.24, 2.45) is 5.14 Å². The fourth-order valence-electron chi connectivity index (χ4n) is 1.92. The van der Waals surface area contributed by atoms with Gasteiger partial charge < -0.3 is 5.32 Å². The third-order valence-electron chi connectivity index (χ3n) is 3.34. The molecule has 1 aliphatic carbocycles. The summed E-state index contributed by atoms with van der Waals surface area (Å²) in [6.07, 6.45) is 3.10. The van der Waals surface area contributed by atoms with E-state index in [-0.39, 0.29) is 0 Å². The summed E-state index contributed by atoms with van der Waals surface area (Å²) in [6, 6.07) is 0. The molecule has 17 heavy (non-hydrogen) atoms. The average molecular weight is 275 g/mol. The molecule has 5 nitrogen and oxygen atoms in total. The average Bonchev–Trinajstić information content (AvgIpc) is 2.61. The second-order valence-corrected chi connectivity index (χ2v) is 7.25. The molecule has 0 amide bonds. The van der Waals surface area contributed by atoms with E-state index in [2.05, 4.69) is 10.3 Å². The first-order valence-electron chi connectivity index (χ1n) is 5.67. The van der Waals surface area contributed by atoms with E-state index in [9.17, 15) is 8.42 Å². The van der Waals surface area contributed by atoms with Gasteiger partial charge in [-0.2, -0.15) is 0 Å². The van der Waals surface area contributed by atoms with E-state index in [0.717, 1.165) is 23.7 Å². The molecule has 0 bridgehead atoms. The second kappa shape index (κ2) is 4.55. The Balaban J connectivity index is 2.02. The van der Waals surface area contributed by atoms with Crippen molar-refractivity contribution in [3.8, 4) is 0 Å². The topological polar surface area (TPSA) is 85.1 Å². The standard InChI is InChI=1S/C10H17N3O2S2/c1-2-8-6-16-9(13-8)12-7-10(4-3-5-10)17(11,14)15/h6H,2-5,7H2,1H3,(H,12,13)(H2,11,14,15). The van der Waals surface area contributed by atoms with Crippen LogP contribution in [-0.4, -0.2) is 24.7 Å². The van der Waals surface area contributed by atoms with Gasteiger partial charge in [-0.15, -0.1) is 11.3 Å². The van der Waals surface area contributed by atoms with Gasteiger partial charge in [0, 0.05) is 11.9 Å². The highest BCUT2D eigenvalue weighted by Crippen LogP contribution is 2.38. The minimum Gasteiger partial charge on any atom is -0.360 e.